The fourth-order valence-electron chi connectivity index (χ4n) is 3.00. The number of aromatic hydroxyl groups is 1. The lowest BCUT2D eigenvalue weighted by Gasteiger charge is -2.11. The monoisotopic (exact) mass is 435 g/mol. The molecule has 0 saturated heterocycles. The first-order chi connectivity index (χ1) is 15.4. The van der Waals surface area contributed by atoms with Crippen molar-refractivity contribution in [3.8, 4) is 23.0 Å². The van der Waals surface area contributed by atoms with Gasteiger partial charge in [0.1, 0.15) is 12.4 Å². The summed E-state index contributed by atoms with van der Waals surface area (Å²) in [6.45, 7) is 0.0405. The Kier molecular flexibility index (Phi) is 7.07. The number of allylic oxidation sites excluding steroid dienone is 1. The third-order valence-corrected chi connectivity index (χ3v) is 4.64. The van der Waals surface area contributed by atoms with E-state index in [0.29, 0.717) is 22.4 Å². The quantitative estimate of drug-likeness (QED) is 0.223. The van der Waals surface area contributed by atoms with Crippen LogP contribution in [0.2, 0.25) is 0 Å². The van der Waals surface area contributed by atoms with E-state index < -0.39 is 4.92 Å². The summed E-state index contributed by atoms with van der Waals surface area (Å²) in [5, 5.41) is 20.8. The van der Waals surface area contributed by atoms with Gasteiger partial charge >= 0.3 is 5.69 Å². The minimum atomic E-state index is -0.504. The maximum absolute atomic E-state index is 12.5. The molecule has 0 atom stereocenters. The van der Waals surface area contributed by atoms with Crippen LogP contribution in [0.15, 0.2) is 66.7 Å². The van der Waals surface area contributed by atoms with E-state index >= 15 is 0 Å². The Morgan fingerprint density at radius 2 is 1.75 bits per heavy atom. The Balaban J connectivity index is 1.79. The number of hydrogen-bond donors (Lipinski definition) is 1. The van der Waals surface area contributed by atoms with Gasteiger partial charge in [0.2, 0.25) is 0 Å². The zero-order valence-electron chi connectivity index (χ0n) is 17.5. The van der Waals surface area contributed by atoms with E-state index in [2.05, 4.69) is 0 Å². The molecular weight excluding hydrogens is 414 g/mol. The third-order valence-electron chi connectivity index (χ3n) is 4.64. The van der Waals surface area contributed by atoms with Gasteiger partial charge in [0, 0.05) is 17.2 Å². The van der Waals surface area contributed by atoms with Crippen molar-refractivity contribution in [2.24, 2.45) is 0 Å². The summed E-state index contributed by atoms with van der Waals surface area (Å²) in [5.41, 5.74) is 1.61. The highest BCUT2D eigenvalue weighted by Gasteiger charge is 2.15. The van der Waals surface area contributed by atoms with Crippen LogP contribution >= 0.6 is 0 Å². The first-order valence-electron chi connectivity index (χ1n) is 9.55. The van der Waals surface area contributed by atoms with Crippen molar-refractivity contribution in [3.05, 3.63) is 93.5 Å². The number of carbonyl (C=O) groups excluding carboxylic acids is 1. The van der Waals surface area contributed by atoms with Crippen LogP contribution in [0.4, 0.5) is 5.69 Å². The zero-order chi connectivity index (χ0) is 23.1. The number of rotatable bonds is 9. The first-order valence-corrected chi connectivity index (χ1v) is 9.55. The Morgan fingerprint density at radius 1 is 1.00 bits per heavy atom. The third kappa shape index (κ3) is 5.23. The van der Waals surface area contributed by atoms with Crippen LogP contribution in [0.5, 0.6) is 23.0 Å². The van der Waals surface area contributed by atoms with Crippen molar-refractivity contribution in [1.29, 1.82) is 0 Å². The Hall–Kier alpha value is -4.33. The fourth-order valence-corrected chi connectivity index (χ4v) is 3.00. The predicted octanol–water partition coefficient (Wildman–Crippen LogP) is 4.79. The molecule has 1 N–H and O–H groups in total. The largest absolute Gasteiger partial charge is 0.504 e. The summed E-state index contributed by atoms with van der Waals surface area (Å²) < 4.78 is 16.0. The average molecular weight is 435 g/mol. The maximum atomic E-state index is 12.5. The molecule has 0 heterocycles. The van der Waals surface area contributed by atoms with Crippen LogP contribution in [0.1, 0.15) is 21.5 Å². The van der Waals surface area contributed by atoms with E-state index in [9.17, 15) is 20.0 Å². The number of phenols is 1. The number of ketones is 1. The van der Waals surface area contributed by atoms with Crippen molar-refractivity contribution in [2.45, 2.75) is 6.61 Å². The normalized spacial score (nSPS) is 10.7. The molecule has 0 fully saturated rings. The number of phenolic OH excluding ortho intramolecular Hbond substituents is 1. The van der Waals surface area contributed by atoms with Gasteiger partial charge in [-0.05, 0) is 48.0 Å². The van der Waals surface area contributed by atoms with Crippen molar-refractivity contribution < 1.29 is 29.0 Å². The zero-order valence-corrected chi connectivity index (χ0v) is 17.5. The van der Waals surface area contributed by atoms with Crippen molar-refractivity contribution in [3.63, 3.8) is 0 Å². The smallest absolute Gasteiger partial charge is 0.310 e. The summed E-state index contributed by atoms with van der Waals surface area (Å²) in [5.74, 6) is 0.596. The van der Waals surface area contributed by atoms with Crippen LogP contribution < -0.4 is 14.2 Å². The number of benzene rings is 3. The Bertz CT molecular complexity index is 1170. The van der Waals surface area contributed by atoms with Crippen LogP contribution in [0.3, 0.4) is 0 Å². The molecule has 164 valence electrons. The molecular formula is C24H21NO7. The highest BCUT2D eigenvalue weighted by molar-refractivity contribution is 6.07. The number of nitro benzene ring substituents is 1. The predicted molar refractivity (Wildman–Crippen MR) is 118 cm³/mol. The number of ether oxygens (including phenoxy) is 3. The molecule has 0 amide bonds. The summed E-state index contributed by atoms with van der Waals surface area (Å²) in [4.78, 5) is 23.1. The number of para-hydroxylation sites is 2. The van der Waals surface area contributed by atoms with Gasteiger partial charge in [-0.3, -0.25) is 14.9 Å². The van der Waals surface area contributed by atoms with E-state index in [-0.39, 0.29) is 35.3 Å². The van der Waals surface area contributed by atoms with Gasteiger partial charge in [-0.1, -0.05) is 24.3 Å². The highest BCUT2D eigenvalue weighted by Crippen LogP contribution is 2.29. The summed E-state index contributed by atoms with van der Waals surface area (Å²) >= 11 is 0. The van der Waals surface area contributed by atoms with Gasteiger partial charge in [-0.2, -0.15) is 0 Å². The topological polar surface area (TPSA) is 108 Å². The number of hydrogen-bond acceptors (Lipinski definition) is 7. The maximum Gasteiger partial charge on any atom is 0.310 e. The second kappa shape index (κ2) is 10.1. The molecule has 3 rings (SSSR count). The molecule has 0 bridgehead atoms. The average Bonchev–Trinajstić information content (AvgIpc) is 2.81. The molecule has 0 saturated carbocycles. The number of methoxy groups -OCH3 is 2. The second-order valence-electron chi connectivity index (χ2n) is 6.67. The summed E-state index contributed by atoms with van der Waals surface area (Å²) in [7, 11) is 2.92. The van der Waals surface area contributed by atoms with E-state index in [0.717, 1.165) is 0 Å². The van der Waals surface area contributed by atoms with Gasteiger partial charge < -0.3 is 19.3 Å². The highest BCUT2D eigenvalue weighted by atomic mass is 16.6. The van der Waals surface area contributed by atoms with Gasteiger partial charge in [0.25, 0.3) is 0 Å². The van der Waals surface area contributed by atoms with Crippen LogP contribution in [-0.4, -0.2) is 30.0 Å². The van der Waals surface area contributed by atoms with Crippen LogP contribution in [0.25, 0.3) is 6.08 Å². The van der Waals surface area contributed by atoms with E-state index in [4.69, 9.17) is 14.2 Å². The molecule has 8 heteroatoms. The SMILES string of the molecule is COc1cc(C(=O)/C=C/c2ccc(OC)c(COc3ccccc3[N+](=O)[O-])c2)ccc1O. The minimum Gasteiger partial charge on any atom is -0.504 e. The molecule has 0 spiro atoms. The van der Waals surface area contributed by atoms with Crippen LogP contribution in [-0.2, 0) is 6.61 Å². The van der Waals surface area contributed by atoms with Crippen LogP contribution in [0, 0.1) is 10.1 Å². The molecule has 0 radical (unpaired) electrons. The van der Waals surface area contributed by atoms with E-state index in [1.54, 1.807) is 36.4 Å². The number of nitro groups is 1. The van der Waals surface area contributed by atoms with Gasteiger partial charge in [-0.25, -0.2) is 0 Å². The first kappa shape index (κ1) is 22.4. The molecule has 3 aromatic carbocycles. The molecule has 0 aliphatic carbocycles. The van der Waals surface area contributed by atoms with Crippen molar-refractivity contribution >= 4 is 17.5 Å². The molecule has 32 heavy (non-hydrogen) atoms. The number of carbonyl (C=O) groups is 1. The molecule has 0 aromatic heterocycles. The lowest BCUT2D eigenvalue weighted by molar-refractivity contribution is -0.385. The molecule has 3 aromatic rings. The molecule has 0 aliphatic heterocycles. The molecule has 0 aliphatic rings. The van der Waals surface area contributed by atoms with Crippen molar-refractivity contribution in [1.82, 2.24) is 0 Å². The Morgan fingerprint density at radius 3 is 2.47 bits per heavy atom. The van der Waals surface area contributed by atoms with Crippen molar-refractivity contribution in [2.75, 3.05) is 14.2 Å². The lowest BCUT2D eigenvalue weighted by atomic mass is 10.1. The molecule has 0 unspecified atom stereocenters. The fraction of sp³-hybridized carbons (Fsp3) is 0.125. The second-order valence-corrected chi connectivity index (χ2v) is 6.67. The lowest BCUT2D eigenvalue weighted by Crippen LogP contribution is -2.01. The van der Waals surface area contributed by atoms with E-state index in [1.165, 1.54) is 50.6 Å². The van der Waals surface area contributed by atoms with E-state index in [1.807, 2.05) is 0 Å². The van der Waals surface area contributed by atoms with Gasteiger partial charge in [0.05, 0.1) is 19.1 Å². The van der Waals surface area contributed by atoms with Gasteiger partial charge in [-0.15, -0.1) is 0 Å². The minimum absolute atomic E-state index is 0.0405. The summed E-state index contributed by atoms with van der Waals surface area (Å²) in [6, 6.07) is 15.8. The Labute approximate surface area is 184 Å². The molecule has 8 nitrogen and oxygen atoms in total. The standard InChI is InChI=1S/C24H21NO7/c1-30-22-12-8-16(7-10-20(26)17-9-11-21(27)24(14-17)31-2)13-18(22)15-32-23-6-4-3-5-19(23)25(28)29/h3-14,27H,15H2,1-2H3/b10-7+. The van der Waals surface area contributed by atoms with Gasteiger partial charge in [0.15, 0.2) is 23.0 Å². The number of nitrogens with zero attached hydrogens (tertiary/aromatic N) is 1. The summed E-state index contributed by atoms with van der Waals surface area (Å²) in [6.07, 6.45) is 3.04.